The lowest BCUT2D eigenvalue weighted by Gasteiger charge is -2.35. The summed E-state index contributed by atoms with van der Waals surface area (Å²) in [6, 6.07) is 4.70. The molecule has 4 nitrogen and oxygen atoms in total. The first-order valence-electron chi connectivity index (χ1n) is 7.80. The zero-order chi connectivity index (χ0) is 15.9. The highest BCUT2D eigenvalue weighted by Crippen LogP contribution is 2.33. The predicted molar refractivity (Wildman–Crippen MR) is 83.4 cm³/mol. The van der Waals surface area contributed by atoms with Crippen LogP contribution in [0.15, 0.2) is 18.2 Å². The summed E-state index contributed by atoms with van der Waals surface area (Å²) in [5.41, 5.74) is 1.83. The Hall–Kier alpha value is -1.62. The van der Waals surface area contributed by atoms with Crippen molar-refractivity contribution in [3.8, 4) is 0 Å². The molecular formula is C17H23FN2O2. The number of fused-ring (bicyclic) bond motifs is 3. The first-order valence-corrected chi connectivity index (χ1v) is 7.80. The molecule has 1 aromatic rings. The quantitative estimate of drug-likeness (QED) is 0.797. The normalized spacial score (nSPS) is 22.6. The molecule has 0 radical (unpaired) electrons. The van der Waals surface area contributed by atoms with Gasteiger partial charge in [0, 0.05) is 19.6 Å². The van der Waals surface area contributed by atoms with Crippen LogP contribution in [0.4, 0.5) is 14.9 Å². The van der Waals surface area contributed by atoms with Gasteiger partial charge in [-0.2, -0.15) is 0 Å². The highest BCUT2D eigenvalue weighted by Gasteiger charge is 2.37. The van der Waals surface area contributed by atoms with Crippen molar-refractivity contribution >= 4 is 11.8 Å². The third-order valence-corrected chi connectivity index (χ3v) is 4.14. The molecule has 0 N–H and O–H groups in total. The van der Waals surface area contributed by atoms with Crippen LogP contribution < -0.4 is 4.90 Å². The standard InChI is InChI=1S/C17H23FN2O2/c1-17(2,3)11-19-7-6-14-10-22-16(21)20(14)15-8-13(18)5-4-12(15)9-19/h4-5,8,14H,6-7,9-11H2,1-3H3. The molecule has 5 heteroatoms. The molecule has 1 atom stereocenters. The molecule has 1 fully saturated rings. The summed E-state index contributed by atoms with van der Waals surface area (Å²) in [5.74, 6) is -0.319. The van der Waals surface area contributed by atoms with Crippen molar-refractivity contribution in [1.29, 1.82) is 0 Å². The van der Waals surface area contributed by atoms with E-state index in [-0.39, 0.29) is 23.4 Å². The molecule has 22 heavy (non-hydrogen) atoms. The fourth-order valence-corrected chi connectivity index (χ4v) is 3.32. The number of carbonyl (C=O) groups excluding carboxylic acids is 1. The number of halogens is 1. The zero-order valence-electron chi connectivity index (χ0n) is 13.4. The SMILES string of the molecule is CC(C)(C)CN1CCC2COC(=O)N2c2cc(F)ccc2C1. The van der Waals surface area contributed by atoms with Crippen molar-refractivity contribution in [2.75, 3.05) is 24.6 Å². The summed E-state index contributed by atoms with van der Waals surface area (Å²) in [5, 5.41) is 0. The van der Waals surface area contributed by atoms with Crippen molar-refractivity contribution < 1.29 is 13.9 Å². The van der Waals surface area contributed by atoms with Gasteiger partial charge in [-0.05, 0) is 29.5 Å². The average Bonchev–Trinajstić information content (AvgIpc) is 2.75. The van der Waals surface area contributed by atoms with Gasteiger partial charge in [0.1, 0.15) is 12.4 Å². The number of hydrogen-bond donors (Lipinski definition) is 0. The van der Waals surface area contributed by atoms with E-state index in [0.717, 1.165) is 31.6 Å². The van der Waals surface area contributed by atoms with Crippen molar-refractivity contribution in [2.45, 2.75) is 39.8 Å². The molecule has 1 unspecified atom stereocenters. The van der Waals surface area contributed by atoms with Gasteiger partial charge in [-0.1, -0.05) is 26.8 Å². The molecule has 3 rings (SSSR count). The van der Waals surface area contributed by atoms with Gasteiger partial charge < -0.3 is 4.74 Å². The maximum Gasteiger partial charge on any atom is 0.414 e. The van der Waals surface area contributed by atoms with Crippen LogP contribution in [0.25, 0.3) is 0 Å². The van der Waals surface area contributed by atoms with Crippen LogP contribution in [-0.2, 0) is 11.3 Å². The molecular weight excluding hydrogens is 283 g/mol. The number of benzene rings is 1. The van der Waals surface area contributed by atoms with E-state index in [9.17, 15) is 9.18 Å². The fraction of sp³-hybridized carbons (Fsp3) is 0.588. The molecule has 2 heterocycles. The van der Waals surface area contributed by atoms with E-state index >= 15 is 0 Å². The molecule has 1 aromatic carbocycles. The Labute approximate surface area is 130 Å². The Morgan fingerprint density at radius 2 is 2.14 bits per heavy atom. The van der Waals surface area contributed by atoms with Crippen LogP contribution >= 0.6 is 0 Å². The maximum atomic E-state index is 13.7. The molecule has 2 aliphatic heterocycles. The fourth-order valence-electron chi connectivity index (χ4n) is 3.32. The van der Waals surface area contributed by atoms with Gasteiger partial charge in [0.15, 0.2) is 0 Å². The van der Waals surface area contributed by atoms with Gasteiger partial charge in [-0.3, -0.25) is 9.80 Å². The Morgan fingerprint density at radius 1 is 1.36 bits per heavy atom. The van der Waals surface area contributed by atoms with E-state index in [2.05, 4.69) is 25.7 Å². The number of carbonyl (C=O) groups is 1. The van der Waals surface area contributed by atoms with Crippen LogP contribution in [0.1, 0.15) is 32.8 Å². The lowest BCUT2D eigenvalue weighted by molar-refractivity contribution is 0.169. The number of cyclic esters (lactones) is 1. The molecule has 2 aliphatic rings. The number of amides is 1. The first kappa shape index (κ1) is 15.3. The molecule has 1 amide bonds. The number of hydrogen-bond acceptors (Lipinski definition) is 3. The smallest absolute Gasteiger partial charge is 0.414 e. The highest BCUT2D eigenvalue weighted by molar-refractivity contribution is 5.91. The zero-order valence-corrected chi connectivity index (χ0v) is 13.4. The Balaban J connectivity index is 1.96. The van der Waals surface area contributed by atoms with Crippen LogP contribution in [-0.4, -0.2) is 36.7 Å². The molecule has 0 bridgehead atoms. The number of nitrogens with zero attached hydrogens (tertiary/aromatic N) is 2. The second-order valence-electron chi connectivity index (χ2n) is 7.43. The van der Waals surface area contributed by atoms with Crippen LogP contribution in [0, 0.1) is 11.2 Å². The maximum absolute atomic E-state index is 13.7. The minimum absolute atomic E-state index is 0.00387. The molecule has 0 spiro atoms. The van der Waals surface area contributed by atoms with Crippen molar-refractivity contribution in [2.24, 2.45) is 5.41 Å². The van der Waals surface area contributed by atoms with E-state index in [4.69, 9.17) is 4.74 Å². The summed E-state index contributed by atoms with van der Waals surface area (Å²) >= 11 is 0. The van der Waals surface area contributed by atoms with Gasteiger partial charge in [0.05, 0.1) is 11.7 Å². The van der Waals surface area contributed by atoms with Crippen molar-refractivity contribution in [1.82, 2.24) is 4.90 Å². The third kappa shape index (κ3) is 3.09. The van der Waals surface area contributed by atoms with Gasteiger partial charge in [0.2, 0.25) is 0 Å². The van der Waals surface area contributed by atoms with E-state index in [1.165, 1.54) is 12.1 Å². The lowest BCUT2D eigenvalue weighted by atomic mass is 9.95. The van der Waals surface area contributed by atoms with E-state index < -0.39 is 0 Å². The summed E-state index contributed by atoms with van der Waals surface area (Å²) in [6.07, 6.45) is 0.485. The van der Waals surface area contributed by atoms with Crippen molar-refractivity contribution in [3.63, 3.8) is 0 Å². The summed E-state index contributed by atoms with van der Waals surface area (Å²) in [4.78, 5) is 16.0. The van der Waals surface area contributed by atoms with Gasteiger partial charge in [-0.15, -0.1) is 0 Å². The van der Waals surface area contributed by atoms with Crippen LogP contribution in [0.3, 0.4) is 0 Å². The second-order valence-corrected chi connectivity index (χ2v) is 7.43. The molecule has 1 saturated heterocycles. The summed E-state index contributed by atoms with van der Waals surface area (Å²) in [6.45, 7) is 9.63. The Morgan fingerprint density at radius 3 is 2.86 bits per heavy atom. The van der Waals surface area contributed by atoms with Gasteiger partial charge >= 0.3 is 6.09 Å². The Kier molecular flexibility index (Phi) is 3.85. The average molecular weight is 306 g/mol. The topological polar surface area (TPSA) is 32.8 Å². The van der Waals surface area contributed by atoms with Crippen LogP contribution in [0.5, 0.6) is 0 Å². The molecule has 0 aromatic heterocycles. The van der Waals surface area contributed by atoms with Gasteiger partial charge in [-0.25, -0.2) is 9.18 Å². The minimum Gasteiger partial charge on any atom is -0.447 e. The Bertz CT molecular complexity index is 583. The van der Waals surface area contributed by atoms with E-state index in [0.29, 0.717) is 12.3 Å². The lowest BCUT2D eigenvalue weighted by Crippen LogP contribution is -2.42. The molecule has 0 saturated carbocycles. The second kappa shape index (κ2) is 5.54. The number of anilines is 1. The van der Waals surface area contributed by atoms with E-state index in [1.807, 2.05) is 0 Å². The molecule has 0 aliphatic carbocycles. The van der Waals surface area contributed by atoms with Gasteiger partial charge in [0.25, 0.3) is 0 Å². The first-order chi connectivity index (χ1) is 10.3. The minimum atomic E-state index is -0.360. The van der Waals surface area contributed by atoms with Crippen molar-refractivity contribution in [3.05, 3.63) is 29.6 Å². The highest BCUT2D eigenvalue weighted by atomic mass is 19.1. The van der Waals surface area contributed by atoms with E-state index in [1.54, 1.807) is 11.0 Å². The number of rotatable bonds is 1. The number of ether oxygens (including phenoxy) is 1. The third-order valence-electron chi connectivity index (χ3n) is 4.14. The van der Waals surface area contributed by atoms with Crippen LogP contribution in [0.2, 0.25) is 0 Å². The largest absolute Gasteiger partial charge is 0.447 e. The predicted octanol–water partition coefficient (Wildman–Crippen LogP) is 3.40. The summed E-state index contributed by atoms with van der Waals surface area (Å²) in [7, 11) is 0. The monoisotopic (exact) mass is 306 g/mol. The summed E-state index contributed by atoms with van der Waals surface area (Å²) < 4.78 is 18.9. The molecule has 120 valence electrons.